The van der Waals surface area contributed by atoms with Crippen LogP contribution < -0.4 is 5.73 Å². The Labute approximate surface area is 88.2 Å². The number of rotatable bonds is 3. The van der Waals surface area contributed by atoms with Gasteiger partial charge in [-0.25, -0.2) is 9.97 Å². The highest BCUT2D eigenvalue weighted by molar-refractivity contribution is 5.59. The number of hydrogen-bond acceptors (Lipinski definition) is 4. The van der Waals surface area contributed by atoms with Crippen molar-refractivity contribution in [2.75, 3.05) is 6.54 Å². The Bertz CT molecular complexity index is 433. The van der Waals surface area contributed by atoms with Crippen LogP contribution in [0.1, 0.15) is 11.4 Å². The summed E-state index contributed by atoms with van der Waals surface area (Å²) in [7, 11) is 0. The fourth-order valence-corrected chi connectivity index (χ4v) is 1.45. The molecule has 0 amide bonds. The van der Waals surface area contributed by atoms with E-state index < -0.39 is 0 Å². The molecule has 0 radical (unpaired) electrons. The van der Waals surface area contributed by atoms with E-state index in [9.17, 15) is 0 Å². The molecular weight excluding hydrogens is 190 g/mol. The molecule has 0 aromatic carbocycles. The molecule has 0 bridgehead atoms. The summed E-state index contributed by atoms with van der Waals surface area (Å²) in [4.78, 5) is 8.27. The van der Waals surface area contributed by atoms with Crippen molar-refractivity contribution in [1.82, 2.24) is 9.97 Å². The molecule has 0 unspecified atom stereocenters. The summed E-state index contributed by atoms with van der Waals surface area (Å²) in [5, 5.41) is 0. The van der Waals surface area contributed by atoms with Crippen molar-refractivity contribution in [2.45, 2.75) is 13.3 Å². The largest absolute Gasteiger partial charge is 0.464 e. The monoisotopic (exact) mass is 203 g/mol. The van der Waals surface area contributed by atoms with Crippen molar-refractivity contribution in [3.63, 3.8) is 0 Å². The molecule has 0 atom stereocenters. The first-order valence-electron chi connectivity index (χ1n) is 4.86. The maximum atomic E-state index is 5.52. The number of hydrogen-bond donors (Lipinski definition) is 1. The van der Waals surface area contributed by atoms with Crippen LogP contribution in [-0.2, 0) is 6.42 Å². The molecule has 0 aliphatic carbocycles. The van der Waals surface area contributed by atoms with Crippen molar-refractivity contribution < 1.29 is 4.42 Å². The zero-order valence-electron chi connectivity index (χ0n) is 8.60. The van der Waals surface area contributed by atoms with Gasteiger partial charge in [0, 0.05) is 12.4 Å². The van der Waals surface area contributed by atoms with Gasteiger partial charge in [-0.05, 0) is 31.5 Å². The fourth-order valence-electron chi connectivity index (χ4n) is 1.45. The summed E-state index contributed by atoms with van der Waals surface area (Å²) < 4.78 is 5.41. The second-order valence-electron chi connectivity index (χ2n) is 3.33. The molecule has 0 saturated heterocycles. The summed E-state index contributed by atoms with van der Waals surface area (Å²) in [5.41, 5.74) is 7.52. The molecule has 0 spiro atoms. The van der Waals surface area contributed by atoms with Gasteiger partial charge in [0.05, 0.1) is 11.8 Å². The molecule has 2 aromatic rings. The predicted octanol–water partition coefficient (Wildman–Crippen LogP) is 1.55. The summed E-state index contributed by atoms with van der Waals surface area (Å²) in [5.74, 6) is 1.58. The summed E-state index contributed by atoms with van der Waals surface area (Å²) in [6, 6.07) is 1.93. The highest BCUT2D eigenvalue weighted by Crippen LogP contribution is 2.23. The van der Waals surface area contributed by atoms with Gasteiger partial charge in [-0.2, -0.15) is 0 Å². The van der Waals surface area contributed by atoms with Crippen LogP contribution in [0.15, 0.2) is 29.1 Å². The number of aryl methyl sites for hydroxylation is 1. The zero-order valence-corrected chi connectivity index (χ0v) is 8.60. The quantitative estimate of drug-likeness (QED) is 0.821. The van der Waals surface area contributed by atoms with Crippen LogP contribution in [0.5, 0.6) is 0 Å². The van der Waals surface area contributed by atoms with Crippen LogP contribution in [0, 0.1) is 6.92 Å². The second kappa shape index (κ2) is 4.23. The van der Waals surface area contributed by atoms with E-state index in [2.05, 4.69) is 9.97 Å². The van der Waals surface area contributed by atoms with Crippen LogP contribution in [0.2, 0.25) is 0 Å². The van der Waals surface area contributed by atoms with Crippen molar-refractivity contribution in [1.29, 1.82) is 0 Å². The van der Waals surface area contributed by atoms with Gasteiger partial charge in [0.15, 0.2) is 0 Å². The first-order chi connectivity index (χ1) is 7.31. The molecule has 4 nitrogen and oxygen atoms in total. The van der Waals surface area contributed by atoms with E-state index in [1.165, 1.54) is 0 Å². The highest BCUT2D eigenvalue weighted by atomic mass is 16.3. The van der Waals surface area contributed by atoms with Gasteiger partial charge in [-0.3, -0.25) is 0 Å². The molecular formula is C11H13N3O. The Morgan fingerprint density at radius 3 is 2.73 bits per heavy atom. The van der Waals surface area contributed by atoms with Crippen molar-refractivity contribution >= 4 is 0 Å². The Morgan fingerprint density at radius 2 is 2.07 bits per heavy atom. The second-order valence-corrected chi connectivity index (χ2v) is 3.33. The number of furan rings is 1. The van der Waals surface area contributed by atoms with Gasteiger partial charge < -0.3 is 10.2 Å². The Hall–Kier alpha value is -1.68. The molecule has 2 aromatic heterocycles. The first kappa shape index (κ1) is 9.86. The van der Waals surface area contributed by atoms with Crippen molar-refractivity contribution in [3.05, 3.63) is 36.1 Å². The van der Waals surface area contributed by atoms with E-state index in [0.29, 0.717) is 6.54 Å². The smallest absolute Gasteiger partial charge is 0.140 e. The normalized spacial score (nSPS) is 10.5. The Kier molecular flexibility index (Phi) is 2.78. The van der Waals surface area contributed by atoms with Gasteiger partial charge in [0.1, 0.15) is 11.6 Å². The molecule has 0 fully saturated rings. The van der Waals surface area contributed by atoms with Gasteiger partial charge in [-0.1, -0.05) is 0 Å². The average Bonchev–Trinajstić information content (AvgIpc) is 2.68. The van der Waals surface area contributed by atoms with E-state index in [1.54, 1.807) is 18.7 Å². The van der Waals surface area contributed by atoms with E-state index in [4.69, 9.17) is 10.2 Å². The van der Waals surface area contributed by atoms with Gasteiger partial charge in [0.2, 0.25) is 0 Å². The van der Waals surface area contributed by atoms with Crippen LogP contribution >= 0.6 is 0 Å². The lowest BCUT2D eigenvalue weighted by atomic mass is 10.1. The lowest BCUT2D eigenvalue weighted by Gasteiger charge is -2.00. The molecule has 78 valence electrons. The maximum absolute atomic E-state index is 5.52. The van der Waals surface area contributed by atoms with Crippen LogP contribution in [0.4, 0.5) is 0 Å². The summed E-state index contributed by atoms with van der Waals surface area (Å²) in [6.45, 7) is 2.46. The lowest BCUT2D eigenvalue weighted by molar-refractivity contribution is 0.578. The third kappa shape index (κ3) is 2.05. The van der Waals surface area contributed by atoms with Crippen molar-refractivity contribution in [2.24, 2.45) is 5.73 Å². The van der Waals surface area contributed by atoms with Crippen molar-refractivity contribution in [3.8, 4) is 11.3 Å². The van der Waals surface area contributed by atoms with Crippen LogP contribution in [0.25, 0.3) is 11.3 Å². The van der Waals surface area contributed by atoms with Gasteiger partial charge in [0.25, 0.3) is 0 Å². The fraction of sp³-hybridized carbons (Fsp3) is 0.273. The average molecular weight is 203 g/mol. The lowest BCUT2D eigenvalue weighted by Crippen LogP contribution is -2.02. The standard InChI is InChI=1S/C11H13N3O/c1-8-13-6-10(7-14-8)11-9(2-4-12)3-5-15-11/h3,5-7H,2,4,12H2,1H3. The molecule has 2 N–H and O–H groups in total. The Balaban J connectivity index is 2.36. The minimum Gasteiger partial charge on any atom is -0.464 e. The molecule has 2 rings (SSSR count). The Morgan fingerprint density at radius 1 is 1.33 bits per heavy atom. The van der Waals surface area contributed by atoms with E-state index in [1.807, 2.05) is 13.0 Å². The molecule has 4 heteroatoms. The SMILES string of the molecule is Cc1ncc(-c2occc2CCN)cn1. The summed E-state index contributed by atoms with van der Waals surface area (Å²) in [6.07, 6.45) is 6.00. The predicted molar refractivity (Wildman–Crippen MR) is 57.2 cm³/mol. The van der Waals surface area contributed by atoms with E-state index in [0.717, 1.165) is 29.1 Å². The van der Waals surface area contributed by atoms with E-state index >= 15 is 0 Å². The molecule has 0 saturated carbocycles. The first-order valence-corrected chi connectivity index (χ1v) is 4.86. The number of aromatic nitrogens is 2. The van der Waals surface area contributed by atoms with Gasteiger partial charge in [-0.15, -0.1) is 0 Å². The molecule has 0 aliphatic rings. The molecule has 0 aliphatic heterocycles. The summed E-state index contributed by atoms with van der Waals surface area (Å²) >= 11 is 0. The topological polar surface area (TPSA) is 64.9 Å². The maximum Gasteiger partial charge on any atom is 0.140 e. The highest BCUT2D eigenvalue weighted by Gasteiger charge is 2.08. The number of nitrogens with zero attached hydrogens (tertiary/aromatic N) is 2. The van der Waals surface area contributed by atoms with E-state index in [-0.39, 0.29) is 0 Å². The number of nitrogens with two attached hydrogens (primary N) is 1. The molecule has 15 heavy (non-hydrogen) atoms. The van der Waals surface area contributed by atoms with Gasteiger partial charge >= 0.3 is 0 Å². The minimum atomic E-state index is 0.610. The third-order valence-electron chi connectivity index (χ3n) is 2.20. The molecule has 2 heterocycles. The van der Waals surface area contributed by atoms with Crippen LogP contribution in [0.3, 0.4) is 0 Å². The zero-order chi connectivity index (χ0) is 10.7. The van der Waals surface area contributed by atoms with Crippen LogP contribution in [-0.4, -0.2) is 16.5 Å². The third-order valence-corrected chi connectivity index (χ3v) is 2.20. The minimum absolute atomic E-state index is 0.610.